The van der Waals surface area contributed by atoms with E-state index in [1.54, 1.807) is 42.5 Å². The van der Waals surface area contributed by atoms with Crippen LogP contribution in [0.3, 0.4) is 0 Å². The summed E-state index contributed by atoms with van der Waals surface area (Å²) in [5.74, 6) is -1.04. The molecule has 0 aliphatic rings. The van der Waals surface area contributed by atoms with Crippen molar-refractivity contribution >= 4 is 73.9 Å². The molecular formula is C34H33Cl4N3O4S. The number of nitrogens with one attached hydrogen (secondary N) is 1. The fourth-order valence-electron chi connectivity index (χ4n) is 4.75. The van der Waals surface area contributed by atoms with Crippen LogP contribution in [-0.2, 0) is 32.6 Å². The Morgan fingerprint density at radius 2 is 1.43 bits per heavy atom. The first kappa shape index (κ1) is 35.6. The Morgan fingerprint density at radius 1 is 0.783 bits per heavy atom. The Hall–Kier alpha value is -3.27. The van der Waals surface area contributed by atoms with Gasteiger partial charge in [0.1, 0.15) is 12.6 Å². The number of carbonyl (C=O) groups is 2. The van der Waals surface area contributed by atoms with Crippen molar-refractivity contribution in [3.8, 4) is 0 Å². The van der Waals surface area contributed by atoms with Gasteiger partial charge in [0.25, 0.3) is 10.0 Å². The predicted octanol–water partition coefficient (Wildman–Crippen LogP) is 8.05. The highest BCUT2D eigenvalue weighted by Gasteiger charge is 2.35. The maximum absolute atomic E-state index is 14.6. The number of anilines is 1. The molecule has 12 heteroatoms. The van der Waals surface area contributed by atoms with Crippen molar-refractivity contribution in [2.45, 2.75) is 50.2 Å². The fraction of sp³-hybridized carbons (Fsp3) is 0.235. The van der Waals surface area contributed by atoms with Crippen LogP contribution < -0.4 is 9.62 Å². The molecule has 0 aliphatic heterocycles. The van der Waals surface area contributed by atoms with Crippen molar-refractivity contribution < 1.29 is 18.0 Å². The maximum atomic E-state index is 14.6. The summed E-state index contributed by atoms with van der Waals surface area (Å²) in [6.07, 6.45) is 0.834. The van der Waals surface area contributed by atoms with Gasteiger partial charge in [-0.05, 0) is 60.9 Å². The molecule has 0 radical (unpaired) electrons. The Balaban J connectivity index is 1.85. The van der Waals surface area contributed by atoms with Crippen LogP contribution in [0, 0.1) is 0 Å². The van der Waals surface area contributed by atoms with E-state index in [0.29, 0.717) is 17.0 Å². The second-order valence-corrected chi connectivity index (χ2v) is 14.2. The van der Waals surface area contributed by atoms with Crippen molar-refractivity contribution in [3.05, 3.63) is 128 Å². The summed E-state index contributed by atoms with van der Waals surface area (Å²) in [5, 5.41) is 3.67. The molecule has 0 saturated carbocycles. The summed E-state index contributed by atoms with van der Waals surface area (Å²) in [6.45, 7) is 3.07. The molecule has 0 aromatic heterocycles. The van der Waals surface area contributed by atoms with E-state index < -0.39 is 28.5 Å². The number of nitrogens with zero attached hydrogens (tertiary/aromatic N) is 2. The van der Waals surface area contributed by atoms with Crippen molar-refractivity contribution in [1.82, 2.24) is 10.2 Å². The first-order chi connectivity index (χ1) is 21.9. The SMILES string of the molecule is CC[C@H](C)NC(=O)[C@@H](Cc1ccccc1)N(Cc1ccc(Cl)c(Cl)c1)C(=O)CN(c1cccc(Cl)c1Cl)S(=O)(=O)c1ccccc1. The highest BCUT2D eigenvalue weighted by atomic mass is 35.5. The molecule has 4 aromatic carbocycles. The second kappa shape index (κ2) is 16.0. The molecule has 0 unspecified atom stereocenters. The largest absolute Gasteiger partial charge is 0.352 e. The molecular weight excluding hydrogens is 688 g/mol. The number of amides is 2. The Labute approximate surface area is 290 Å². The van der Waals surface area contributed by atoms with Gasteiger partial charge in [-0.1, -0.05) is 114 Å². The number of rotatable bonds is 13. The monoisotopic (exact) mass is 719 g/mol. The Kier molecular flexibility index (Phi) is 12.4. The Bertz CT molecular complexity index is 1780. The number of hydrogen-bond acceptors (Lipinski definition) is 4. The standard InChI is InChI=1S/C34H33Cl4N3O4S/c1-3-23(2)39-34(43)31(20-24-11-6-4-7-12-24)40(21-25-17-18-27(35)29(37)19-25)32(42)22-41(30-16-10-15-28(36)33(30)38)46(44,45)26-13-8-5-9-14-26/h4-19,23,31H,3,20-22H2,1-2H3,(H,39,43)/t23-,31+/m0/s1. The summed E-state index contributed by atoms with van der Waals surface area (Å²) in [5.41, 5.74) is 1.42. The molecule has 0 saturated heterocycles. The van der Waals surface area contributed by atoms with Crippen LogP contribution in [0.5, 0.6) is 0 Å². The van der Waals surface area contributed by atoms with Crippen LogP contribution in [0.4, 0.5) is 5.69 Å². The van der Waals surface area contributed by atoms with Gasteiger partial charge < -0.3 is 10.2 Å². The number of halogens is 4. The maximum Gasteiger partial charge on any atom is 0.264 e. The van der Waals surface area contributed by atoms with Crippen LogP contribution in [0.1, 0.15) is 31.4 Å². The third-order valence-corrected chi connectivity index (χ3v) is 10.7. The van der Waals surface area contributed by atoms with Gasteiger partial charge in [0.05, 0.1) is 30.7 Å². The molecule has 2 amide bonds. The van der Waals surface area contributed by atoms with Crippen LogP contribution in [0.25, 0.3) is 0 Å². The van der Waals surface area contributed by atoms with Crippen molar-refractivity contribution in [1.29, 1.82) is 0 Å². The smallest absolute Gasteiger partial charge is 0.264 e. The lowest BCUT2D eigenvalue weighted by molar-refractivity contribution is -0.140. The summed E-state index contributed by atoms with van der Waals surface area (Å²) in [6, 6.07) is 25.3. The second-order valence-electron chi connectivity index (χ2n) is 10.7. The van der Waals surface area contributed by atoms with Gasteiger partial charge in [0.2, 0.25) is 11.8 Å². The normalized spacial score (nSPS) is 12.7. The van der Waals surface area contributed by atoms with Crippen molar-refractivity contribution in [2.75, 3.05) is 10.8 Å². The number of carbonyl (C=O) groups excluding carboxylic acids is 2. The lowest BCUT2D eigenvalue weighted by Gasteiger charge is -2.34. The van der Waals surface area contributed by atoms with Gasteiger partial charge in [-0.3, -0.25) is 13.9 Å². The lowest BCUT2D eigenvalue weighted by atomic mass is 10.0. The molecule has 1 N–H and O–H groups in total. The molecule has 7 nitrogen and oxygen atoms in total. The van der Waals surface area contributed by atoms with Crippen molar-refractivity contribution in [3.63, 3.8) is 0 Å². The molecule has 0 bridgehead atoms. The molecule has 0 spiro atoms. The number of benzene rings is 4. The van der Waals surface area contributed by atoms with Crippen LogP contribution in [-0.4, -0.2) is 43.8 Å². The van der Waals surface area contributed by atoms with Gasteiger partial charge >= 0.3 is 0 Å². The van der Waals surface area contributed by atoms with E-state index in [-0.39, 0.29) is 50.6 Å². The van der Waals surface area contributed by atoms with E-state index in [1.165, 1.54) is 29.2 Å². The first-order valence-electron chi connectivity index (χ1n) is 14.5. The third-order valence-electron chi connectivity index (χ3n) is 7.42. The number of hydrogen-bond donors (Lipinski definition) is 1. The van der Waals surface area contributed by atoms with Crippen molar-refractivity contribution in [2.24, 2.45) is 0 Å². The quantitative estimate of drug-likeness (QED) is 0.152. The molecule has 0 fully saturated rings. The summed E-state index contributed by atoms with van der Waals surface area (Å²) in [4.78, 5) is 29.8. The zero-order chi connectivity index (χ0) is 33.4. The number of sulfonamides is 1. The predicted molar refractivity (Wildman–Crippen MR) is 186 cm³/mol. The fourth-order valence-corrected chi connectivity index (χ4v) is 6.96. The van der Waals surface area contributed by atoms with Crippen LogP contribution in [0.15, 0.2) is 102 Å². The van der Waals surface area contributed by atoms with Gasteiger partial charge in [-0.2, -0.15) is 0 Å². The van der Waals surface area contributed by atoms with E-state index in [1.807, 2.05) is 44.2 Å². The van der Waals surface area contributed by atoms with Gasteiger partial charge in [-0.15, -0.1) is 0 Å². The van der Waals surface area contributed by atoms with E-state index in [2.05, 4.69) is 5.32 Å². The third kappa shape index (κ3) is 8.75. The molecule has 46 heavy (non-hydrogen) atoms. The topological polar surface area (TPSA) is 86.8 Å². The molecule has 2 atom stereocenters. The molecule has 4 aromatic rings. The van der Waals surface area contributed by atoms with E-state index in [0.717, 1.165) is 9.87 Å². The average Bonchev–Trinajstić information content (AvgIpc) is 3.05. The summed E-state index contributed by atoms with van der Waals surface area (Å²) < 4.78 is 29.2. The molecule has 242 valence electrons. The molecule has 0 heterocycles. The van der Waals surface area contributed by atoms with Gasteiger partial charge in [0, 0.05) is 19.0 Å². The lowest BCUT2D eigenvalue weighted by Crippen LogP contribution is -2.54. The summed E-state index contributed by atoms with van der Waals surface area (Å²) >= 11 is 25.4. The zero-order valence-corrected chi connectivity index (χ0v) is 29.0. The first-order valence-corrected chi connectivity index (χ1v) is 17.5. The minimum atomic E-state index is -4.33. The molecule has 4 rings (SSSR count). The highest BCUT2D eigenvalue weighted by molar-refractivity contribution is 7.92. The van der Waals surface area contributed by atoms with E-state index in [9.17, 15) is 18.0 Å². The molecule has 0 aliphatic carbocycles. The minimum absolute atomic E-state index is 0.0181. The van der Waals surface area contributed by atoms with Gasteiger partial charge in [0.15, 0.2) is 0 Å². The minimum Gasteiger partial charge on any atom is -0.352 e. The van der Waals surface area contributed by atoms with E-state index in [4.69, 9.17) is 46.4 Å². The zero-order valence-electron chi connectivity index (χ0n) is 25.2. The summed E-state index contributed by atoms with van der Waals surface area (Å²) in [7, 11) is -4.33. The highest BCUT2D eigenvalue weighted by Crippen LogP contribution is 2.36. The average molecular weight is 722 g/mol. The Morgan fingerprint density at radius 3 is 2.07 bits per heavy atom. The van der Waals surface area contributed by atoms with E-state index >= 15 is 0 Å². The van der Waals surface area contributed by atoms with Crippen LogP contribution >= 0.6 is 46.4 Å². The van der Waals surface area contributed by atoms with Gasteiger partial charge in [-0.25, -0.2) is 8.42 Å². The van der Waals surface area contributed by atoms with Crippen LogP contribution in [0.2, 0.25) is 20.1 Å².